The molecule has 1 heterocycles. The fraction of sp³-hybridized carbons (Fsp3) is 1.00. The van der Waals surface area contributed by atoms with Crippen LogP contribution in [-0.2, 0) is 4.74 Å². The van der Waals surface area contributed by atoms with Crippen LogP contribution >= 0.6 is 0 Å². The van der Waals surface area contributed by atoms with Crippen molar-refractivity contribution in [1.82, 2.24) is 4.90 Å². The van der Waals surface area contributed by atoms with Gasteiger partial charge in [0.15, 0.2) is 0 Å². The maximum absolute atomic E-state index is 5.38. The predicted molar refractivity (Wildman–Crippen MR) is 56.0 cm³/mol. The number of nitrogens with zero attached hydrogens (tertiary/aromatic N) is 1. The fourth-order valence-electron chi connectivity index (χ4n) is 2.20. The van der Waals surface area contributed by atoms with Crippen LogP contribution in [0.15, 0.2) is 0 Å². The van der Waals surface area contributed by atoms with Crippen LogP contribution in [0, 0.1) is 0 Å². The molecule has 0 N–H and O–H groups in total. The summed E-state index contributed by atoms with van der Waals surface area (Å²) in [6.07, 6.45) is 3.84. The van der Waals surface area contributed by atoms with Gasteiger partial charge >= 0.3 is 0 Å². The van der Waals surface area contributed by atoms with Gasteiger partial charge in [0, 0.05) is 18.6 Å². The second kappa shape index (κ2) is 4.97. The Balaban J connectivity index is 2.51. The van der Waals surface area contributed by atoms with Gasteiger partial charge in [-0.25, -0.2) is 0 Å². The average molecular weight is 185 g/mol. The van der Waals surface area contributed by atoms with Gasteiger partial charge in [0.05, 0.1) is 13.2 Å². The molecule has 1 unspecified atom stereocenters. The van der Waals surface area contributed by atoms with E-state index in [2.05, 4.69) is 25.7 Å². The molecule has 1 aliphatic rings. The van der Waals surface area contributed by atoms with Crippen LogP contribution in [0.4, 0.5) is 0 Å². The molecule has 0 saturated carbocycles. The van der Waals surface area contributed by atoms with E-state index in [1.807, 2.05) is 0 Å². The lowest BCUT2D eigenvalue weighted by Crippen LogP contribution is -2.51. The van der Waals surface area contributed by atoms with Crippen molar-refractivity contribution in [1.29, 1.82) is 0 Å². The van der Waals surface area contributed by atoms with Gasteiger partial charge in [-0.2, -0.15) is 0 Å². The number of ether oxygens (including phenoxy) is 1. The molecule has 13 heavy (non-hydrogen) atoms. The van der Waals surface area contributed by atoms with Crippen molar-refractivity contribution in [3.8, 4) is 0 Å². The van der Waals surface area contributed by atoms with Gasteiger partial charge in [0.25, 0.3) is 0 Å². The standard InChI is InChI=1S/C11H23NO/c1-4-6-11(3,5-2)12-7-9-13-10-8-12/h4-10H2,1-3H3. The highest BCUT2D eigenvalue weighted by molar-refractivity contribution is 4.85. The predicted octanol–water partition coefficient (Wildman–Crippen LogP) is 2.29. The minimum Gasteiger partial charge on any atom is -0.379 e. The summed E-state index contributed by atoms with van der Waals surface area (Å²) >= 11 is 0. The third-order valence-electron chi connectivity index (χ3n) is 3.32. The van der Waals surface area contributed by atoms with Crippen LogP contribution in [0.3, 0.4) is 0 Å². The second-order valence-electron chi connectivity index (χ2n) is 4.20. The molecule has 1 aliphatic heterocycles. The van der Waals surface area contributed by atoms with E-state index in [0.717, 1.165) is 26.3 Å². The number of rotatable bonds is 4. The van der Waals surface area contributed by atoms with Crippen molar-refractivity contribution in [3.05, 3.63) is 0 Å². The van der Waals surface area contributed by atoms with Crippen molar-refractivity contribution in [2.24, 2.45) is 0 Å². The topological polar surface area (TPSA) is 12.5 Å². The summed E-state index contributed by atoms with van der Waals surface area (Å²) < 4.78 is 5.38. The Morgan fingerprint density at radius 3 is 2.31 bits per heavy atom. The molecule has 1 atom stereocenters. The van der Waals surface area contributed by atoms with E-state index in [4.69, 9.17) is 4.74 Å². The van der Waals surface area contributed by atoms with Gasteiger partial charge in [-0.3, -0.25) is 4.90 Å². The van der Waals surface area contributed by atoms with Crippen molar-refractivity contribution in [2.75, 3.05) is 26.3 Å². The summed E-state index contributed by atoms with van der Waals surface area (Å²) in [6.45, 7) is 11.0. The molecular formula is C11H23NO. The van der Waals surface area contributed by atoms with E-state index in [0.29, 0.717) is 5.54 Å². The Morgan fingerprint density at radius 1 is 1.23 bits per heavy atom. The maximum Gasteiger partial charge on any atom is 0.0594 e. The molecule has 1 saturated heterocycles. The summed E-state index contributed by atoms with van der Waals surface area (Å²) in [4.78, 5) is 2.60. The molecule has 0 aromatic carbocycles. The molecule has 1 rings (SSSR count). The third kappa shape index (κ3) is 2.68. The van der Waals surface area contributed by atoms with Gasteiger partial charge in [0.1, 0.15) is 0 Å². The van der Waals surface area contributed by atoms with Crippen molar-refractivity contribution in [3.63, 3.8) is 0 Å². The number of hydrogen-bond donors (Lipinski definition) is 0. The van der Waals surface area contributed by atoms with Gasteiger partial charge in [0.2, 0.25) is 0 Å². The summed E-state index contributed by atoms with van der Waals surface area (Å²) in [5.41, 5.74) is 0.415. The lowest BCUT2D eigenvalue weighted by Gasteiger charge is -2.43. The van der Waals surface area contributed by atoms with Gasteiger partial charge in [-0.1, -0.05) is 20.3 Å². The summed E-state index contributed by atoms with van der Waals surface area (Å²) in [5, 5.41) is 0. The minimum absolute atomic E-state index is 0.415. The molecule has 0 spiro atoms. The Kier molecular flexibility index (Phi) is 4.20. The SMILES string of the molecule is CCCC(C)(CC)N1CCOCC1. The van der Waals surface area contributed by atoms with E-state index in [9.17, 15) is 0 Å². The Bertz CT molecular complexity index is 143. The largest absolute Gasteiger partial charge is 0.379 e. The first-order valence-corrected chi connectivity index (χ1v) is 5.55. The summed E-state index contributed by atoms with van der Waals surface area (Å²) in [7, 11) is 0. The number of morpholine rings is 1. The van der Waals surface area contributed by atoms with Crippen LogP contribution in [0.1, 0.15) is 40.0 Å². The second-order valence-corrected chi connectivity index (χ2v) is 4.20. The van der Waals surface area contributed by atoms with E-state index in [1.165, 1.54) is 19.3 Å². The van der Waals surface area contributed by atoms with Crippen molar-refractivity contribution in [2.45, 2.75) is 45.6 Å². The lowest BCUT2D eigenvalue weighted by molar-refractivity contribution is -0.0211. The molecule has 1 fully saturated rings. The zero-order valence-electron chi connectivity index (χ0n) is 9.31. The first-order valence-electron chi connectivity index (χ1n) is 5.55. The molecule has 2 nitrogen and oxygen atoms in total. The highest BCUT2D eigenvalue weighted by atomic mass is 16.5. The van der Waals surface area contributed by atoms with Gasteiger partial charge in [-0.15, -0.1) is 0 Å². The van der Waals surface area contributed by atoms with Gasteiger partial charge < -0.3 is 4.74 Å². The maximum atomic E-state index is 5.38. The first-order chi connectivity index (χ1) is 6.23. The monoisotopic (exact) mass is 185 g/mol. The molecule has 0 aromatic rings. The minimum atomic E-state index is 0.415. The molecule has 0 aliphatic carbocycles. The van der Waals surface area contributed by atoms with Gasteiger partial charge in [-0.05, 0) is 19.8 Å². The van der Waals surface area contributed by atoms with Crippen LogP contribution in [-0.4, -0.2) is 36.7 Å². The zero-order valence-corrected chi connectivity index (χ0v) is 9.31. The normalized spacial score (nSPS) is 24.2. The fourth-order valence-corrected chi connectivity index (χ4v) is 2.20. The Hall–Kier alpha value is -0.0800. The smallest absolute Gasteiger partial charge is 0.0594 e. The third-order valence-corrected chi connectivity index (χ3v) is 3.32. The van der Waals surface area contributed by atoms with Crippen LogP contribution in [0.2, 0.25) is 0 Å². The van der Waals surface area contributed by atoms with E-state index in [-0.39, 0.29) is 0 Å². The molecule has 78 valence electrons. The number of hydrogen-bond acceptors (Lipinski definition) is 2. The molecule has 0 aromatic heterocycles. The van der Waals surface area contributed by atoms with E-state index >= 15 is 0 Å². The first kappa shape index (κ1) is 11.0. The van der Waals surface area contributed by atoms with Crippen molar-refractivity contribution >= 4 is 0 Å². The average Bonchev–Trinajstić information content (AvgIpc) is 2.19. The molecule has 0 bridgehead atoms. The van der Waals surface area contributed by atoms with Crippen LogP contribution in [0.5, 0.6) is 0 Å². The van der Waals surface area contributed by atoms with Crippen LogP contribution in [0.25, 0.3) is 0 Å². The quantitative estimate of drug-likeness (QED) is 0.666. The Labute approximate surface area is 82.3 Å². The zero-order chi connectivity index (χ0) is 9.73. The summed E-state index contributed by atoms with van der Waals surface area (Å²) in [5.74, 6) is 0. The molecular weight excluding hydrogens is 162 g/mol. The molecule has 0 amide bonds. The highest BCUT2D eigenvalue weighted by Crippen LogP contribution is 2.25. The Morgan fingerprint density at radius 2 is 1.85 bits per heavy atom. The van der Waals surface area contributed by atoms with E-state index < -0.39 is 0 Å². The van der Waals surface area contributed by atoms with Crippen molar-refractivity contribution < 1.29 is 4.74 Å². The lowest BCUT2D eigenvalue weighted by atomic mass is 9.90. The highest BCUT2D eigenvalue weighted by Gasteiger charge is 2.29. The van der Waals surface area contributed by atoms with Crippen LogP contribution < -0.4 is 0 Å². The van der Waals surface area contributed by atoms with E-state index in [1.54, 1.807) is 0 Å². The molecule has 2 heteroatoms. The molecule has 0 radical (unpaired) electrons. The summed E-state index contributed by atoms with van der Waals surface area (Å²) in [6, 6.07) is 0.